The van der Waals surface area contributed by atoms with Gasteiger partial charge in [-0.05, 0) is 18.2 Å². The van der Waals surface area contributed by atoms with Crippen molar-refractivity contribution in [1.82, 2.24) is 20.1 Å². The lowest BCUT2D eigenvalue weighted by Gasteiger charge is -2.35. The highest BCUT2D eigenvalue weighted by Gasteiger charge is 2.27. The van der Waals surface area contributed by atoms with Crippen molar-refractivity contribution < 1.29 is 18.8 Å². The number of benzene rings is 1. The van der Waals surface area contributed by atoms with Crippen LogP contribution in [0, 0.1) is 5.82 Å². The monoisotopic (exact) mass is 451 g/mol. The normalized spacial score (nSPS) is 16.7. The summed E-state index contributed by atoms with van der Waals surface area (Å²) in [5.74, 6) is -0.854. The SMILES string of the molecule is O=C(Cc1csc(N2CCNC2=O)n1)N1CCN(C(=O)c2ccc(F)cc2Cl)CC1. The Morgan fingerprint density at radius 1 is 1.17 bits per heavy atom. The molecule has 11 heteroatoms. The molecule has 2 aliphatic heterocycles. The summed E-state index contributed by atoms with van der Waals surface area (Å²) in [6.07, 6.45) is 0.143. The molecule has 2 fully saturated rings. The number of anilines is 1. The second-order valence-electron chi connectivity index (χ2n) is 6.98. The third-order valence-electron chi connectivity index (χ3n) is 5.04. The van der Waals surface area contributed by atoms with Crippen LogP contribution < -0.4 is 10.2 Å². The van der Waals surface area contributed by atoms with Crippen molar-refractivity contribution in [1.29, 1.82) is 0 Å². The highest BCUT2D eigenvalue weighted by atomic mass is 35.5. The smallest absolute Gasteiger partial charge is 0.323 e. The zero-order valence-electron chi connectivity index (χ0n) is 15.9. The Hall–Kier alpha value is -2.72. The van der Waals surface area contributed by atoms with E-state index < -0.39 is 5.82 Å². The number of piperazine rings is 1. The van der Waals surface area contributed by atoms with E-state index in [1.165, 1.54) is 23.5 Å². The molecule has 30 heavy (non-hydrogen) atoms. The molecule has 0 radical (unpaired) electrons. The molecular formula is C19H19ClFN5O3S. The minimum Gasteiger partial charge on any atom is -0.339 e. The van der Waals surface area contributed by atoms with Crippen molar-refractivity contribution in [3.8, 4) is 0 Å². The van der Waals surface area contributed by atoms with Gasteiger partial charge in [0.15, 0.2) is 5.13 Å². The van der Waals surface area contributed by atoms with Crippen LogP contribution in [0.15, 0.2) is 23.6 Å². The summed E-state index contributed by atoms with van der Waals surface area (Å²) in [7, 11) is 0. The number of amides is 4. The van der Waals surface area contributed by atoms with Gasteiger partial charge in [-0.1, -0.05) is 11.6 Å². The first-order valence-corrected chi connectivity index (χ1v) is 10.7. The molecule has 0 atom stereocenters. The lowest BCUT2D eigenvalue weighted by atomic mass is 10.1. The first-order chi connectivity index (χ1) is 14.4. The molecular weight excluding hydrogens is 433 g/mol. The molecule has 2 aliphatic rings. The van der Waals surface area contributed by atoms with Crippen LogP contribution in [0.2, 0.25) is 5.02 Å². The Morgan fingerprint density at radius 2 is 1.90 bits per heavy atom. The van der Waals surface area contributed by atoms with Gasteiger partial charge in [-0.25, -0.2) is 14.2 Å². The minimum atomic E-state index is -0.498. The van der Waals surface area contributed by atoms with Gasteiger partial charge in [0.25, 0.3) is 5.91 Å². The number of hydrogen-bond acceptors (Lipinski definition) is 5. The average Bonchev–Trinajstić information content (AvgIpc) is 3.36. The van der Waals surface area contributed by atoms with Crippen LogP contribution in [-0.2, 0) is 11.2 Å². The number of thiazole rings is 1. The van der Waals surface area contributed by atoms with Crippen LogP contribution in [0.1, 0.15) is 16.1 Å². The maximum Gasteiger partial charge on any atom is 0.323 e. The van der Waals surface area contributed by atoms with Crippen molar-refractivity contribution in [2.75, 3.05) is 44.2 Å². The molecule has 4 rings (SSSR count). The Labute approximate surface area is 181 Å². The first-order valence-electron chi connectivity index (χ1n) is 9.44. The number of carbonyl (C=O) groups excluding carboxylic acids is 3. The summed E-state index contributed by atoms with van der Waals surface area (Å²) in [6.45, 7) is 2.68. The van der Waals surface area contributed by atoms with Gasteiger partial charge in [0, 0.05) is 44.6 Å². The molecule has 1 aromatic carbocycles. The summed E-state index contributed by atoms with van der Waals surface area (Å²) in [6, 6.07) is 3.51. The summed E-state index contributed by atoms with van der Waals surface area (Å²) in [5, 5.41) is 5.16. The standard InChI is InChI=1S/C19H19ClFN5O3S/c20-15-9-12(21)1-2-14(15)17(28)25-7-5-24(6-8-25)16(27)10-13-11-30-19(23-13)26-4-3-22-18(26)29/h1-2,9,11H,3-8,10H2,(H,22,29). The van der Waals surface area contributed by atoms with Crippen molar-refractivity contribution in [2.45, 2.75) is 6.42 Å². The van der Waals surface area contributed by atoms with E-state index >= 15 is 0 Å². The van der Waals surface area contributed by atoms with Crippen molar-refractivity contribution in [3.63, 3.8) is 0 Å². The highest BCUT2D eigenvalue weighted by Crippen LogP contribution is 2.23. The van der Waals surface area contributed by atoms with E-state index in [1.807, 2.05) is 0 Å². The van der Waals surface area contributed by atoms with Crippen LogP contribution >= 0.6 is 22.9 Å². The maximum absolute atomic E-state index is 13.2. The molecule has 8 nitrogen and oxygen atoms in total. The predicted molar refractivity (Wildman–Crippen MR) is 110 cm³/mol. The quantitative estimate of drug-likeness (QED) is 0.770. The maximum atomic E-state index is 13.2. The molecule has 158 valence electrons. The van der Waals surface area contributed by atoms with Gasteiger partial charge in [-0.2, -0.15) is 0 Å². The third kappa shape index (κ3) is 4.24. The van der Waals surface area contributed by atoms with E-state index in [-0.39, 0.29) is 34.9 Å². The fourth-order valence-corrected chi connectivity index (χ4v) is 4.51. The number of rotatable bonds is 4. The number of carbonyl (C=O) groups is 3. The van der Waals surface area contributed by atoms with Gasteiger partial charge in [-0.3, -0.25) is 14.5 Å². The van der Waals surface area contributed by atoms with Crippen molar-refractivity contribution in [2.24, 2.45) is 0 Å². The molecule has 2 saturated heterocycles. The fourth-order valence-electron chi connectivity index (χ4n) is 3.41. The number of nitrogens with zero attached hydrogens (tertiary/aromatic N) is 4. The molecule has 4 amide bonds. The van der Waals surface area contributed by atoms with Crippen LogP contribution in [0.5, 0.6) is 0 Å². The molecule has 0 bridgehead atoms. The Morgan fingerprint density at radius 3 is 2.57 bits per heavy atom. The Bertz CT molecular complexity index is 992. The van der Waals surface area contributed by atoms with Crippen molar-refractivity contribution in [3.05, 3.63) is 45.7 Å². The average molecular weight is 452 g/mol. The van der Waals surface area contributed by atoms with E-state index in [0.29, 0.717) is 50.1 Å². The van der Waals surface area contributed by atoms with Gasteiger partial charge >= 0.3 is 6.03 Å². The topological polar surface area (TPSA) is 85.8 Å². The Balaban J connectivity index is 1.32. The second-order valence-corrected chi connectivity index (χ2v) is 8.22. The van der Waals surface area contributed by atoms with E-state index in [2.05, 4.69) is 10.3 Å². The summed E-state index contributed by atoms with van der Waals surface area (Å²) < 4.78 is 13.2. The van der Waals surface area contributed by atoms with Gasteiger partial charge in [0.05, 0.1) is 22.7 Å². The number of nitrogens with one attached hydrogen (secondary N) is 1. The number of hydrogen-bond donors (Lipinski definition) is 1. The van der Waals surface area contributed by atoms with Crippen LogP contribution in [0.25, 0.3) is 0 Å². The number of halogens is 2. The molecule has 0 spiro atoms. The largest absolute Gasteiger partial charge is 0.339 e. The molecule has 0 saturated carbocycles. The summed E-state index contributed by atoms with van der Waals surface area (Å²) in [4.78, 5) is 46.2. The Kier molecular flexibility index (Phi) is 5.87. The number of urea groups is 1. The molecule has 2 aromatic rings. The van der Waals surface area contributed by atoms with Gasteiger partial charge in [-0.15, -0.1) is 11.3 Å². The lowest BCUT2D eigenvalue weighted by molar-refractivity contribution is -0.132. The minimum absolute atomic E-state index is 0.0736. The van der Waals surface area contributed by atoms with Gasteiger partial charge < -0.3 is 15.1 Å². The molecule has 0 aliphatic carbocycles. The van der Waals surface area contributed by atoms with Crippen LogP contribution in [0.4, 0.5) is 14.3 Å². The molecule has 1 N–H and O–H groups in total. The van der Waals surface area contributed by atoms with E-state index in [9.17, 15) is 18.8 Å². The number of aromatic nitrogens is 1. The summed E-state index contributed by atoms with van der Waals surface area (Å²) >= 11 is 7.32. The molecule has 0 unspecified atom stereocenters. The fraction of sp³-hybridized carbons (Fsp3) is 0.368. The van der Waals surface area contributed by atoms with E-state index in [0.717, 1.165) is 6.07 Å². The third-order valence-corrected chi connectivity index (χ3v) is 6.27. The lowest BCUT2D eigenvalue weighted by Crippen LogP contribution is -2.51. The zero-order valence-corrected chi connectivity index (χ0v) is 17.5. The van der Waals surface area contributed by atoms with Gasteiger partial charge in [0.1, 0.15) is 5.82 Å². The zero-order chi connectivity index (χ0) is 21.3. The molecule has 3 heterocycles. The van der Waals surface area contributed by atoms with E-state index in [1.54, 1.807) is 20.1 Å². The summed E-state index contributed by atoms with van der Waals surface area (Å²) in [5.41, 5.74) is 0.870. The first kappa shape index (κ1) is 20.5. The van der Waals surface area contributed by atoms with Crippen LogP contribution in [0.3, 0.4) is 0 Å². The van der Waals surface area contributed by atoms with E-state index in [4.69, 9.17) is 11.6 Å². The predicted octanol–water partition coefficient (Wildman–Crippen LogP) is 1.99. The second kappa shape index (κ2) is 8.57. The highest BCUT2D eigenvalue weighted by molar-refractivity contribution is 7.14. The van der Waals surface area contributed by atoms with Crippen molar-refractivity contribution >= 4 is 45.9 Å². The van der Waals surface area contributed by atoms with Gasteiger partial charge in [0.2, 0.25) is 5.91 Å². The molecule has 1 aromatic heterocycles. The van der Waals surface area contributed by atoms with Crippen LogP contribution in [-0.4, -0.2) is 71.9 Å².